The number of nitrogen functional groups attached to an aromatic ring is 1. The molecule has 1 saturated carbocycles. The van der Waals surface area contributed by atoms with Crippen molar-refractivity contribution in [1.29, 1.82) is 0 Å². The number of nitrogens with zero attached hydrogens (tertiary/aromatic N) is 4. The van der Waals surface area contributed by atoms with Crippen LogP contribution in [0.15, 0.2) is 53.8 Å². The second-order valence-electron chi connectivity index (χ2n) is 8.27. The molecule has 0 amide bonds. The highest BCUT2D eigenvalue weighted by atomic mass is 19.1. The van der Waals surface area contributed by atoms with E-state index in [9.17, 15) is 4.39 Å². The van der Waals surface area contributed by atoms with Crippen LogP contribution in [0.2, 0.25) is 0 Å². The van der Waals surface area contributed by atoms with Crippen molar-refractivity contribution in [2.45, 2.75) is 38.1 Å². The number of allylic oxidation sites excluding steroid dienone is 1. The molecule has 0 bridgehead atoms. The molecule has 0 saturated heterocycles. The van der Waals surface area contributed by atoms with Gasteiger partial charge >= 0.3 is 0 Å². The molecule has 0 unspecified atom stereocenters. The van der Waals surface area contributed by atoms with Gasteiger partial charge in [0.1, 0.15) is 5.82 Å². The fourth-order valence-corrected chi connectivity index (χ4v) is 4.35. The van der Waals surface area contributed by atoms with Gasteiger partial charge in [0.25, 0.3) is 0 Å². The average Bonchev–Trinajstić information content (AvgIpc) is 3.50. The number of anilines is 2. The Morgan fingerprint density at radius 1 is 1.06 bits per heavy atom. The molecule has 0 radical (unpaired) electrons. The minimum absolute atomic E-state index is 0.281. The number of nitrogens with two attached hydrogens (primary N) is 1. The van der Waals surface area contributed by atoms with Gasteiger partial charge in [-0.1, -0.05) is 25.0 Å². The van der Waals surface area contributed by atoms with E-state index >= 15 is 0 Å². The van der Waals surface area contributed by atoms with Crippen LogP contribution in [0.3, 0.4) is 0 Å². The topological polar surface area (TPSA) is 98.3 Å². The molecular formula is C25H25FN6O. The molecule has 3 aromatic rings. The molecule has 1 aliphatic carbocycles. The van der Waals surface area contributed by atoms with E-state index < -0.39 is 0 Å². The first-order valence-corrected chi connectivity index (χ1v) is 11.1. The number of methoxy groups -OCH3 is 1. The highest BCUT2D eigenvalue weighted by Gasteiger charge is 2.24. The van der Waals surface area contributed by atoms with Crippen LogP contribution in [0.1, 0.15) is 48.9 Å². The third-order valence-electron chi connectivity index (χ3n) is 6.09. The fraction of sp³-hybridized carbons (Fsp3) is 0.280. The lowest BCUT2D eigenvalue weighted by molar-refractivity contribution is 0.415. The third kappa shape index (κ3) is 4.41. The molecule has 1 aliphatic heterocycles. The second-order valence-corrected chi connectivity index (χ2v) is 8.27. The first kappa shape index (κ1) is 21.1. The van der Waals surface area contributed by atoms with Gasteiger partial charge < -0.3 is 15.8 Å². The molecule has 7 nitrogen and oxygen atoms in total. The first-order valence-electron chi connectivity index (χ1n) is 11.1. The highest BCUT2D eigenvalue weighted by molar-refractivity contribution is 6.16. The molecule has 0 atom stereocenters. The van der Waals surface area contributed by atoms with E-state index in [0.29, 0.717) is 35.7 Å². The smallest absolute Gasteiger partial charge is 0.223 e. The van der Waals surface area contributed by atoms with Crippen molar-refractivity contribution < 1.29 is 9.13 Å². The largest absolute Gasteiger partial charge is 0.493 e. The molecule has 1 aromatic carbocycles. The van der Waals surface area contributed by atoms with E-state index in [1.54, 1.807) is 31.6 Å². The maximum absolute atomic E-state index is 13.5. The summed E-state index contributed by atoms with van der Waals surface area (Å²) in [6, 6.07) is 10.5. The van der Waals surface area contributed by atoms with Gasteiger partial charge in [0.2, 0.25) is 5.95 Å². The van der Waals surface area contributed by atoms with Crippen LogP contribution < -0.4 is 15.8 Å². The van der Waals surface area contributed by atoms with Gasteiger partial charge in [-0.15, -0.1) is 0 Å². The van der Waals surface area contributed by atoms with E-state index in [4.69, 9.17) is 20.4 Å². The molecule has 1 fully saturated rings. The quantitative estimate of drug-likeness (QED) is 0.571. The molecule has 8 heteroatoms. The average molecular weight is 445 g/mol. The molecule has 3 heterocycles. The van der Waals surface area contributed by atoms with E-state index in [0.717, 1.165) is 41.0 Å². The molecule has 168 valence electrons. The van der Waals surface area contributed by atoms with E-state index in [1.165, 1.54) is 25.0 Å². The predicted octanol–water partition coefficient (Wildman–Crippen LogP) is 4.72. The summed E-state index contributed by atoms with van der Waals surface area (Å²) >= 11 is 0. The van der Waals surface area contributed by atoms with Crippen LogP contribution in [0, 0.1) is 5.82 Å². The first-order chi connectivity index (χ1) is 16.1. The van der Waals surface area contributed by atoms with E-state index in [2.05, 4.69) is 15.3 Å². The number of hydrogen-bond acceptors (Lipinski definition) is 7. The summed E-state index contributed by atoms with van der Waals surface area (Å²) in [6.45, 7) is 0. The summed E-state index contributed by atoms with van der Waals surface area (Å²) in [5, 5.41) is 3.45. The maximum atomic E-state index is 13.5. The summed E-state index contributed by atoms with van der Waals surface area (Å²) in [4.78, 5) is 18.4. The Labute approximate surface area is 191 Å². The Kier molecular flexibility index (Phi) is 5.73. The van der Waals surface area contributed by atoms with Gasteiger partial charge in [-0.2, -0.15) is 0 Å². The van der Waals surface area contributed by atoms with Crippen LogP contribution in [0.4, 0.5) is 16.2 Å². The SMILES string of the molecule is COc1cc(C2=C(c3ccnc(NC4CCCC4)n3)N=C(c3ccc(F)cc3)C2)cnc1N. The van der Waals surface area contributed by atoms with Gasteiger partial charge in [-0.25, -0.2) is 24.3 Å². The van der Waals surface area contributed by atoms with Gasteiger partial charge in [0.05, 0.1) is 24.2 Å². The normalized spacial score (nSPS) is 16.2. The number of rotatable bonds is 6. The minimum Gasteiger partial charge on any atom is -0.493 e. The van der Waals surface area contributed by atoms with Crippen LogP contribution in [-0.2, 0) is 0 Å². The lowest BCUT2D eigenvalue weighted by Gasteiger charge is -2.13. The van der Waals surface area contributed by atoms with Crippen molar-refractivity contribution >= 4 is 28.7 Å². The zero-order valence-electron chi connectivity index (χ0n) is 18.4. The lowest BCUT2D eigenvalue weighted by atomic mass is 9.98. The zero-order chi connectivity index (χ0) is 22.8. The van der Waals surface area contributed by atoms with Crippen molar-refractivity contribution in [2.75, 3.05) is 18.2 Å². The standard InChI is InChI=1S/C25H25FN6O/c1-33-22-12-16(14-29-24(22)27)19-13-21(15-6-8-17(26)9-7-15)31-23(19)20-10-11-28-25(32-20)30-18-4-2-3-5-18/h6-12,14,18H,2-5,13H2,1H3,(H2,27,29)(H,28,30,32). The summed E-state index contributed by atoms with van der Waals surface area (Å²) in [5.41, 5.74) is 10.9. The fourth-order valence-electron chi connectivity index (χ4n) is 4.35. The Bertz CT molecular complexity index is 1230. The monoisotopic (exact) mass is 444 g/mol. The molecule has 2 aliphatic rings. The Hall–Kier alpha value is -3.81. The van der Waals surface area contributed by atoms with E-state index in [1.807, 2.05) is 12.1 Å². The number of aliphatic imine (C=N–C) groups is 1. The van der Waals surface area contributed by atoms with Crippen molar-refractivity contribution in [3.8, 4) is 5.75 Å². The van der Waals surface area contributed by atoms with Gasteiger partial charge in [0, 0.05) is 30.4 Å². The van der Waals surface area contributed by atoms with Crippen LogP contribution >= 0.6 is 0 Å². The Morgan fingerprint density at radius 3 is 2.61 bits per heavy atom. The summed E-state index contributed by atoms with van der Waals surface area (Å²) < 4.78 is 18.9. The highest BCUT2D eigenvalue weighted by Crippen LogP contribution is 2.38. The Balaban J connectivity index is 1.56. The summed E-state index contributed by atoms with van der Waals surface area (Å²) in [5.74, 6) is 1.15. The van der Waals surface area contributed by atoms with Crippen molar-refractivity contribution in [3.63, 3.8) is 0 Å². The number of halogens is 1. The summed E-state index contributed by atoms with van der Waals surface area (Å²) in [6.07, 6.45) is 8.72. The van der Waals surface area contributed by atoms with E-state index in [-0.39, 0.29) is 5.82 Å². The van der Waals surface area contributed by atoms with Crippen LogP contribution in [0.5, 0.6) is 5.75 Å². The van der Waals surface area contributed by atoms with Crippen molar-refractivity contribution in [1.82, 2.24) is 15.0 Å². The molecule has 3 N–H and O–H groups in total. The second kappa shape index (κ2) is 8.97. The number of aromatic nitrogens is 3. The number of hydrogen-bond donors (Lipinski definition) is 2. The summed E-state index contributed by atoms with van der Waals surface area (Å²) in [7, 11) is 1.56. The van der Waals surface area contributed by atoms with Crippen molar-refractivity contribution in [2.24, 2.45) is 4.99 Å². The van der Waals surface area contributed by atoms with Crippen LogP contribution in [-0.4, -0.2) is 33.8 Å². The van der Waals surface area contributed by atoms with Crippen LogP contribution in [0.25, 0.3) is 11.3 Å². The molecule has 0 spiro atoms. The third-order valence-corrected chi connectivity index (χ3v) is 6.09. The lowest BCUT2D eigenvalue weighted by Crippen LogP contribution is -2.16. The molecule has 33 heavy (non-hydrogen) atoms. The number of pyridine rings is 1. The van der Waals surface area contributed by atoms with Gasteiger partial charge in [0.15, 0.2) is 11.6 Å². The number of benzene rings is 1. The number of ether oxygens (including phenoxy) is 1. The predicted molar refractivity (Wildman–Crippen MR) is 127 cm³/mol. The molecule has 2 aromatic heterocycles. The minimum atomic E-state index is -0.281. The molecular weight excluding hydrogens is 419 g/mol. The van der Waals surface area contributed by atoms with Crippen molar-refractivity contribution in [3.05, 3.63) is 71.4 Å². The van der Waals surface area contributed by atoms with Gasteiger partial charge in [-0.3, -0.25) is 0 Å². The number of nitrogens with one attached hydrogen (secondary N) is 1. The zero-order valence-corrected chi connectivity index (χ0v) is 18.4. The maximum Gasteiger partial charge on any atom is 0.223 e. The molecule has 5 rings (SSSR count). The Morgan fingerprint density at radius 2 is 1.85 bits per heavy atom. The van der Waals surface area contributed by atoms with Gasteiger partial charge in [-0.05, 0) is 48.2 Å².